The highest BCUT2D eigenvalue weighted by molar-refractivity contribution is 5.25. The van der Waals surface area contributed by atoms with E-state index in [-0.39, 0.29) is 0 Å². The van der Waals surface area contributed by atoms with Crippen LogP contribution in [0.2, 0.25) is 0 Å². The van der Waals surface area contributed by atoms with Gasteiger partial charge in [-0.2, -0.15) is 0 Å². The number of nitrogens with zero attached hydrogens (tertiary/aromatic N) is 1. The molecule has 1 unspecified atom stereocenters. The number of aromatic nitrogens is 1. The van der Waals surface area contributed by atoms with E-state index < -0.39 is 0 Å². The predicted octanol–water partition coefficient (Wildman–Crippen LogP) is 3.40. The Morgan fingerprint density at radius 2 is 1.94 bits per heavy atom. The van der Waals surface area contributed by atoms with Crippen LogP contribution in [0.25, 0.3) is 0 Å². The quantitative estimate of drug-likeness (QED) is 0.822. The average molecular weight is 220 g/mol. The Balaban J connectivity index is 2.92. The van der Waals surface area contributed by atoms with E-state index in [0.717, 1.165) is 17.9 Å². The fraction of sp³-hybridized carbons (Fsp3) is 0.643. The molecule has 0 fully saturated rings. The second kappa shape index (κ2) is 6.00. The van der Waals surface area contributed by atoms with Crippen LogP contribution in [0.3, 0.4) is 0 Å². The standard InChI is InChI=1S/C14H24N2/c1-6-9-15-14(10(2)3)13-8-7-11(4)16-12(13)5/h7-8,10,14-15H,6,9H2,1-5H3. The molecule has 16 heavy (non-hydrogen) atoms. The summed E-state index contributed by atoms with van der Waals surface area (Å²) in [5.74, 6) is 0.592. The van der Waals surface area contributed by atoms with Crippen molar-refractivity contribution in [1.82, 2.24) is 10.3 Å². The van der Waals surface area contributed by atoms with E-state index >= 15 is 0 Å². The Kier molecular flexibility index (Phi) is 4.94. The average Bonchev–Trinajstić information content (AvgIpc) is 2.20. The molecule has 1 aromatic rings. The van der Waals surface area contributed by atoms with Crippen molar-refractivity contribution in [3.05, 3.63) is 29.1 Å². The number of hydrogen-bond acceptors (Lipinski definition) is 2. The van der Waals surface area contributed by atoms with Crippen LogP contribution in [0, 0.1) is 19.8 Å². The molecular formula is C14H24N2. The molecule has 2 nitrogen and oxygen atoms in total. The maximum Gasteiger partial charge on any atom is 0.0423 e. The fourth-order valence-electron chi connectivity index (χ4n) is 2.03. The van der Waals surface area contributed by atoms with Crippen LogP contribution in [-0.2, 0) is 0 Å². The van der Waals surface area contributed by atoms with Crippen LogP contribution in [0.1, 0.15) is 50.2 Å². The molecule has 0 saturated heterocycles. The van der Waals surface area contributed by atoms with E-state index in [0.29, 0.717) is 12.0 Å². The van der Waals surface area contributed by atoms with Gasteiger partial charge in [-0.15, -0.1) is 0 Å². The molecule has 1 rings (SSSR count). The summed E-state index contributed by atoms with van der Waals surface area (Å²) in [6.45, 7) is 11.9. The van der Waals surface area contributed by atoms with Gasteiger partial charge in [0.2, 0.25) is 0 Å². The van der Waals surface area contributed by atoms with Gasteiger partial charge < -0.3 is 5.32 Å². The molecule has 0 aromatic carbocycles. The van der Waals surface area contributed by atoms with Crippen molar-refractivity contribution >= 4 is 0 Å². The highest BCUT2D eigenvalue weighted by Crippen LogP contribution is 2.23. The molecule has 0 aliphatic carbocycles. The molecule has 0 aliphatic rings. The summed E-state index contributed by atoms with van der Waals surface area (Å²) in [5.41, 5.74) is 3.59. The van der Waals surface area contributed by atoms with Gasteiger partial charge in [0.25, 0.3) is 0 Å². The Labute approximate surface area is 99.5 Å². The molecule has 0 saturated carbocycles. The monoisotopic (exact) mass is 220 g/mol. The largest absolute Gasteiger partial charge is 0.310 e. The number of rotatable bonds is 5. The van der Waals surface area contributed by atoms with Crippen LogP contribution in [0.15, 0.2) is 12.1 Å². The first-order valence-electron chi connectivity index (χ1n) is 6.23. The molecular weight excluding hydrogens is 196 g/mol. The topological polar surface area (TPSA) is 24.9 Å². The van der Waals surface area contributed by atoms with E-state index in [4.69, 9.17) is 0 Å². The molecule has 0 spiro atoms. The van der Waals surface area contributed by atoms with E-state index in [1.54, 1.807) is 0 Å². The zero-order chi connectivity index (χ0) is 12.1. The molecule has 2 heteroatoms. The van der Waals surface area contributed by atoms with Gasteiger partial charge in [-0.1, -0.05) is 26.8 Å². The zero-order valence-corrected chi connectivity index (χ0v) is 11.2. The van der Waals surface area contributed by atoms with E-state index in [9.17, 15) is 0 Å². The van der Waals surface area contributed by atoms with Crippen molar-refractivity contribution in [2.45, 2.75) is 47.1 Å². The molecule has 1 N–H and O–H groups in total. The number of hydrogen-bond donors (Lipinski definition) is 1. The summed E-state index contributed by atoms with van der Waals surface area (Å²) in [6.07, 6.45) is 1.17. The Hall–Kier alpha value is -0.890. The summed E-state index contributed by atoms with van der Waals surface area (Å²) in [7, 11) is 0. The lowest BCUT2D eigenvalue weighted by atomic mass is 9.94. The van der Waals surface area contributed by atoms with Gasteiger partial charge >= 0.3 is 0 Å². The second-order valence-electron chi connectivity index (χ2n) is 4.80. The highest BCUT2D eigenvalue weighted by Gasteiger charge is 2.17. The first kappa shape index (κ1) is 13.2. The van der Waals surface area contributed by atoms with Crippen molar-refractivity contribution in [2.24, 2.45) is 5.92 Å². The van der Waals surface area contributed by atoms with Crippen LogP contribution < -0.4 is 5.32 Å². The third-order valence-corrected chi connectivity index (χ3v) is 2.88. The van der Waals surface area contributed by atoms with E-state index in [1.807, 2.05) is 6.92 Å². The summed E-state index contributed by atoms with van der Waals surface area (Å²) in [4.78, 5) is 4.54. The van der Waals surface area contributed by atoms with Crippen molar-refractivity contribution in [3.63, 3.8) is 0 Å². The van der Waals surface area contributed by atoms with Crippen LogP contribution in [0.4, 0.5) is 0 Å². The Bertz CT molecular complexity index is 332. The van der Waals surface area contributed by atoms with Gasteiger partial charge in [-0.25, -0.2) is 0 Å². The lowest BCUT2D eigenvalue weighted by molar-refractivity contribution is 0.410. The fourth-order valence-corrected chi connectivity index (χ4v) is 2.03. The van der Waals surface area contributed by atoms with Crippen molar-refractivity contribution in [3.8, 4) is 0 Å². The van der Waals surface area contributed by atoms with Gasteiger partial charge in [0.1, 0.15) is 0 Å². The summed E-state index contributed by atoms with van der Waals surface area (Å²) in [5, 5.41) is 3.61. The van der Waals surface area contributed by atoms with Crippen LogP contribution in [-0.4, -0.2) is 11.5 Å². The van der Waals surface area contributed by atoms with Gasteiger partial charge in [-0.05, 0) is 44.4 Å². The number of nitrogens with one attached hydrogen (secondary N) is 1. The third kappa shape index (κ3) is 3.31. The molecule has 0 bridgehead atoms. The molecule has 0 amide bonds. The summed E-state index contributed by atoms with van der Waals surface area (Å²) in [6, 6.07) is 4.74. The number of pyridine rings is 1. The van der Waals surface area contributed by atoms with Gasteiger partial charge in [-0.3, -0.25) is 4.98 Å². The van der Waals surface area contributed by atoms with Gasteiger partial charge in [0.05, 0.1) is 0 Å². The van der Waals surface area contributed by atoms with Crippen LogP contribution >= 0.6 is 0 Å². The first-order valence-corrected chi connectivity index (χ1v) is 6.23. The smallest absolute Gasteiger partial charge is 0.0423 e. The minimum atomic E-state index is 0.424. The number of aryl methyl sites for hydroxylation is 2. The summed E-state index contributed by atoms with van der Waals surface area (Å²) >= 11 is 0. The maximum atomic E-state index is 4.54. The maximum absolute atomic E-state index is 4.54. The van der Waals surface area contributed by atoms with Crippen molar-refractivity contribution in [1.29, 1.82) is 0 Å². The van der Waals surface area contributed by atoms with Gasteiger partial charge in [0, 0.05) is 17.4 Å². The Morgan fingerprint density at radius 3 is 2.44 bits per heavy atom. The lowest BCUT2D eigenvalue weighted by Gasteiger charge is -2.24. The van der Waals surface area contributed by atoms with E-state index in [2.05, 4.69) is 50.1 Å². The van der Waals surface area contributed by atoms with Crippen molar-refractivity contribution < 1.29 is 0 Å². The molecule has 1 atom stereocenters. The molecule has 90 valence electrons. The minimum Gasteiger partial charge on any atom is -0.310 e. The lowest BCUT2D eigenvalue weighted by Crippen LogP contribution is -2.27. The first-order chi connectivity index (χ1) is 7.56. The SMILES string of the molecule is CCCNC(c1ccc(C)nc1C)C(C)C. The molecule has 1 heterocycles. The Morgan fingerprint density at radius 1 is 1.25 bits per heavy atom. The van der Waals surface area contributed by atoms with E-state index in [1.165, 1.54) is 12.0 Å². The minimum absolute atomic E-state index is 0.424. The van der Waals surface area contributed by atoms with Crippen LogP contribution in [0.5, 0.6) is 0 Å². The zero-order valence-electron chi connectivity index (χ0n) is 11.2. The molecule has 0 aliphatic heterocycles. The van der Waals surface area contributed by atoms with Crippen molar-refractivity contribution in [2.75, 3.05) is 6.54 Å². The normalized spacial score (nSPS) is 13.1. The highest BCUT2D eigenvalue weighted by atomic mass is 14.9. The molecule has 1 aromatic heterocycles. The molecule has 0 radical (unpaired) electrons. The van der Waals surface area contributed by atoms with Gasteiger partial charge in [0.15, 0.2) is 0 Å². The third-order valence-electron chi connectivity index (χ3n) is 2.88. The summed E-state index contributed by atoms with van der Waals surface area (Å²) < 4.78 is 0. The predicted molar refractivity (Wildman–Crippen MR) is 69.6 cm³/mol. The second-order valence-corrected chi connectivity index (χ2v) is 4.80.